The first-order chi connectivity index (χ1) is 7.20. The third-order valence-corrected chi connectivity index (χ3v) is 2.25. The number of hydrogen-bond donors (Lipinski definition) is 2. The smallest absolute Gasteiger partial charge is 0.142 e. The number of aryl methyl sites for hydroxylation is 1. The zero-order chi connectivity index (χ0) is 11.4. The Morgan fingerprint density at radius 2 is 1.73 bits per heavy atom. The highest BCUT2D eigenvalue weighted by Crippen LogP contribution is 2.32. The van der Waals surface area contributed by atoms with Crippen LogP contribution in [0.1, 0.15) is 19.4 Å². The van der Waals surface area contributed by atoms with Crippen LogP contribution in [0.4, 0.5) is 5.69 Å². The molecule has 0 fully saturated rings. The second-order valence-electron chi connectivity index (χ2n) is 3.18. The van der Waals surface area contributed by atoms with Gasteiger partial charge in [0, 0.05) is 5.39 Å². The van der Waals surface area contributed by atoms with Crippen molar-refractivity contribution < 1.29 is 5.11 Å². The molecule has 2 heteroatoms. The van der Waals surface area contributed by atoms with E-state index in [9.17, 15) is 5.11 Å². The third kappa shape index (κ3) is 2.04. The lowest BCUT2D eigenvalue weighted by Crippen LogP contribution is -1.89. The third-order valence-electron chi connectivity index (χ3n) is 2.25. The summed E-state index contributed by atoms with van der Waals surface area (Å²) in [6, 6.07) is 9.69. The Kier molecular flexibility index (Phi) is 3.56. The van der Waals surface area contributed by atoms with Crippen molar-refractivity contribution in [1.29, 1.82) is 0 Å². The maximum absolute atomic E-state index is 9.58. The molecule has 0 aliphatic heterocycles. The van der Waals surface area contributed by atoms with Crippen molar-refractivity contribution in [2.45, 2.75) is 20.8 Å². The van der Waals surface area contributed by atoms with Gasteiger partial charge in [0.25, 0.3) is 0 Å². The molecule has 0 bridgehead atoms. The zero-order valence-electron chi connectivity index (χ0n) is 9.41. The van der Waals surface area contributed by atoms with Crippen molar-refractivity contribution in [1.82, 2.24) is 0 Å². The normalized spacial score (nSPS) is 9.53. The van der Waals surface area contributed by atoms with Crippen molar-refractivity contribution in [3.8, 4) is 5.75 Å². The Morgan fingerprint density at radius 3 is 2.40 bits per heavy atom. The number of hydrogen-bond acceptors (Lipinski definition) is 2. The largest absolute Gasteiger partial charge is 0.505 e. The van der Waals surface area contributed by atoms with Crippen molar-refractivity contribution >= 4 is 16.5 Å². The van der Waals surface area contributed by atoms with Gasteiger partial charge in [0.05, 0.1) is 5.69 Å². The van der Waals surface area contributed by atoms with Gasteiger partial charge < -0.3 is 10.8 Å². The maximum atomic E-state index is 9.58. The number of anilines is 1. The molecular formula is C13H17NO. The second kappa shape index (κ2) is 4.69. The first kappa shape index (κ1) is 11.4. The van der Waals surface area contributed by atoms with Crippen molar-refractivity contribution in [3.05, 3.63) is 35.9 Å². The van der Waals surface area contributed by atoms with E-state index in [4.69, 9.17) is 5.73 Å². The van der Waals surface area contributed by atoms with E-state index in [2.05, 4.69) is 0 Å². The van der Waals surface area contributed by atoms with E-state index in [1.54, 1.807) is 0 Å². The first-order valence-corrected chi connectivity index (χ1v) is 5.17. The summed E-state index contributed by atoms with van der Waals surface area (Å²) in [4.78, 5) is 0. The fourth-order valence-electron chi connectivity index (χ4n) is 1.51. The highest BCUT2D eigenvalue weighted by Gasteiger charge is 2.05. The number of fused-ring (bicyclic) bond motifs is 1. The lowest BCUT2D eigenvalue weighted by atomic mass is 10.0. The Balaban J connectivity index is 0.000000531. The highest BCUT2D eigenvalue weighted by atomic mass is 16.3. The van der Waals surface area contributed by atoms with Gasteiger partial charge in [-0.05, 0) is 23.9 Å². The number of phenols is 1. The highest BCUT2D eigenvalue weighted by molar-refractivity contribution is 5.96. The lowest BCUT2D eigenvalue weighted by molar-refractivity contribution is 0.474. The van der Waals surface area contributed by atoms with E-state index < -0.39 is 0 Å². The summed E-state index contributed by atoms with van der Waals surface area (Å²) < 4.78 is 0. The Morgan fingerprint density at radius 1 is 1.13 bits per heavy atom. The fourth-order valence-corrected chi connectivity index (χ4v) is 1.51. The van der Waals surface area contributed by atoms with Crippen molar-refractivity contribution in [2.75, 3.05) is 5.73 Å². The van der Waals surface area contributed by atoms with E-state index in [1.807, 2.05) is 51.1 Å². The number of aromatic hydroxyl groups is 1. The van der Waals surface area contributed by atoms with E-state index in [1.165, 1.54) is 0 Å². The van der Waals surface area contributed by atoms with Crippen LogP contribution in [0.25, 0.3) is 10.8 Å². The van der Waals surface area contributed by atoms with Gasteiger partial charge in [-0.2, -0.15) is 0 Å². The molecule has 0 aromatic heterocycles. The quantitative estimate of drug-likeness (QED) is 0.508. The summed E-state index contributed by atoms with van der Waals surface area (Å²) in [5, 5.41) is 11.6. The molecule has 0 saturated heterocycles. The predicted molar refractivity (Wildman–Crippen MR) is 66.1 cm³/mol. The average molecular weight is 203 g/mol. The summed E-state index contributed by atoms with van der Waals surface area (Å²) in [5.41, 5.74) is 7.05. The van der Waals surface area contributed by atoms with Gasteiger partial charge in [0.1, 0.15) is 5.75 Å². The Labute approximate surface area is 90.3 Å². The lowest BCUT2D eigenvalue weighted by Gasteiger charge is -2.06. The van der Waals surface area contributed by atoms with E-state index in [0.29, 0.717) is 5.69 Å². The van der Waals surface area contributed by atoms with Crippen LogP contribution in [0.2, 0.25) is 0 Å². The first-order valence-electron chi connectivity index (χ1n) is 5.17. The zero-order valence-corrected chi connectivity index (χ0v) is 9.41. The minimum Gasteiger partial charge on any atom is -0.505 e. The maximum Gasteiger partial charge on any atom is 0.142 e. The molecule has 0 heterocycles. The van der Waals surface area contributed by atoms with Gasteiger partial charge in [-0.1, -0.05) is 38.1 Å². The van der Waals surface area contributed by atoms with Crippen LogP contribution in [-0.2, 0) is 0 Å². The molecular weight excluding hydrogens is 186 g/mol. The summed E-state index contributed by atoms with van der Waals surface area (Å²) in [6.07, 6.45) is 0. The number of rotatable bonds is 0. The molecule has 2 aromatic carbocycles. The monoisotopic (exact) mass is 203 g/mol. The molecule has 3 N–H and O–H groups in total. The molecule has 0 unspecified atom stereocenters. The summed E-state index contributed by atoms with van der Waals surface area (Å²) >= 11 is 0. The number of benzene rings is 2. The van der Waals surface area contributed by atoms with Gasteiger partial charge in [-0.15, -0.1) is 0 Å². The van der Waals surface area contributed by atoms with Gasteiger partial charge in [-0.25, -0.2) is 0 Å². The molecule has 0 amide bonds. The topological polar surface area (TPSA) is 46.2 Å². The summed E-state index contributed by atoms with van der Waals surface area (Å²) in [6.45, 7) is 5.85. The van der Waals surface area contributed by atoms with Gasteiger partial charge in [0.2, 0.25) is 0 Å². The molecule has 0 aliphatic carbocycles. The van der Waals surface area contributed by atoms with Crippen LogP contribution < -0.4 is 5.73 Å². The van der Waals surface area contributed by atoms with E-state index in [-0.39, 0.29) is 5.75 Å². The molecule has 0 spiro atoms. The summed E-state index contributed by atoms with van der Waals surface area (Å²) in [5.74, 6) is 0.193. The molecule has 0 radical (unpaired) electrons. The number of phenolic OH excluding ortho intramolecular Hbond substituents is 1. The minimum atomic E-state index is 0.193. The van der Waals surface area contributed by atoms with Crippen molar-refractivity contribution in [2.24, 2.45) is 0 Å². The molecule has 2 nitrogen and oxygen atoms in total. The van der Waals surface area contributed by atoms with Gasteiger partial charge in [-0.3, -0.25) is 0 Å². The fraction of sp³-hybridized carbons (Fsp3) is 0.231. The average Bonchev–Trinajstić information content (AvgIpc) is 2.29. The molecule has 0 aliphatic rings. The van der Waals surface area contributed by atoms with Crippen LogP contribution in [0.5, 0.6) is 5.75 Å². The Bertz CT molecular complexity index is 463. The molecule has 2 rings (SSSR count). The molecule has 15 heavy (non-hydrogen) atoms. The van der Waals surface area contributed by atoms with Gasteiger partial charge >= 0.3 is 0 Å². The second-order valence-corrected chi connectivity index (χ2v) is 3.18. The number of nitrogen functional groups attached to an aromatic ring is 1. The van der Waals surface area contributed by atoms with E-state index >= 15 is 0 Å². The number of nitrogens with two attached hydrogens (primary N) is 1. The van der Waals surface area contributed by atoms with Gasteiger partial charge in [0.15, 0.2) is 0 Å². The standard InChI is InChI=1S/C11H11NO.C2H6/c1-7-6-8-4-2-3-5-9(8)10(12)11(7)13;1-2/h2-6,13H,12H2,1H3;1-2H3. The van der Waals surface area contributed by atoms with Crippen LogP contribution in [0.15, 0.2) is 30.3 Å². The summed E-state index contributed by atoms with van der Waals surface area (Å²) in [7, 11) is 0. The van der Waals surface area contributed by atoms with Crippen molar-refractivity contribution in [3.63, 3.8) is 0 Å². The minimum absolute atomic E-state index is 0.193. The Hall–Kier alpha value is -1.70. The van der Waals surface area contributed by atoms with Crippen LogP contribution in [0, 0.1) is 6.92 Å². The van der Waals surface area contributed by atoms with E-state index in [0.717, 1.165) is 16.3 Å². The van der Waals surface area contributed by atoms with Crippen LogP contribution in [-0.4, -0.2) is 5.11 Å². The van der Waals surface area contributed by atoms with Crippen LogP contribution in [0.3, 0.4) is 0 Å². The molecule has 0 saturated carbocycles. The molecule has 0 atom stereocenters. The molecule has 80 valence electrons. The predicted octanol–water partition coefficient (Wildman–Crippen LogP) is 3.46. The SMILES string of the molecule is CC.Cc1cc2ccccc2c(N)c1O. The van der Waals surface area contributed by atoms with Crippen LogP contribution >= 0.6 is 0 Å². The molecule has 2 aromatic rings.